The van der Waals surface area contributed by atoms with Crippen molar-refractivity contribution >= 4 is 99.6 Å². The van der Waals surface area contributed by atoms with Crippen molar-refractivity contribution in [3.8, 4) is 0 Å². The molecule has 19 heavy (non-hydrogen) atoms. The van der Waals surface area contributed by atoms with Crippen molar-refractivity contribution < 1.29 is 68.7 Å². The summed E-state index contributed by atoms with van der Waals surface area (Å²) in [6.07, 6.45) is 0. The summed E-state index contributed by atoms with van der Waals surface area (Å²) in [7, 11) is -16.8. The zero-order valence-corrected chi connectivity index (χ0v) is 16.3. The van der Waals surface area contributed by atoms with Crippen LogP contribution in [0.25, 0.3) is 0 Å². The van der Waals surface area contributed by atoms with E-state index in [-0.39, 0.29) is 83.6 Å². The summed E-state index contributed by atoms with van der Waals surface area (Å²) < 4.78 is 0. The van der Waals surface area contributed by atoms with E-state index in [0.717, 1.165) is 0 Å². The maximum atomic E-state index is 8.58. The van der Waals surface area contributed by atoms with Crippen LogP contribution in [0.1, 0.15) is 5.71 Å². The largest absolute Gasteiger partial charge is 3.00 e. The average molecular weight is 392 g/mol. The topological polar surface area (TPSA) is 308 Å². The van der Waals surface area contributed by atoms with Gasteiger partial charge in [-0.3, -0.25) is 0 Å². The van der Waals surface area contributed by atoms with E-state index >= 15 is 0 Å². The van der Waals surface area contributed by atoms with Gasteiger partial charge in [-0.1, -0.05) is 0 Å². The Balaban J connectivity index is -0.00000000889. The minimum absolute atomic E-state index is 0. The predicted molar refractivity (Wildman–Crippen MR) is 42.6 cm³/mol. The molecule has 0 aliphatic carbocycles. The second kappa shape index (κ2) is 18.5. The van der Waals surface area contributed by atoms with E-state index in [1.54, 1.807) is 0 Å². The van der Waals surface area contributed by atoms with E-state index < -0.39 is 27.1 Å². The molecule has 13 nitrogen and oxygen atoms in total. The van der Waals surface area contributed by atoms with Crippen LogP contribution in [0.15, 0.2) is 0 Å². The molecule has 104 valence electrons. The summed E-state index contributed by atoms with van der Waals surface area (Å²) in [4.78, 5) is 103. The molecule has 0 heterocycles. The summed E-state index contributed by atoms with van der Waals surface area (Å²) in [5.41, 5.74) is 0. The van der Waals surface area contributed by atoms with Crippen LogP contribution in [-0.4, -0.2) is 105 Å². The Labute approximate surface area is 167 Å². The Morgan fingerprint density at radius 1 is 0.421 bits per heavy atom. The molecular weight excluding hydrogens is 386 g/mol. The Morgan fingerprint density at radius 3 is 0.421 bits per heavy atom. The standard InChI is InChI=1S/2Al.Ca.3O4Si.H2O/c;;;3*1-5(2,3)4;/h;;;;;;1H2/q2*+3;+2;3*-4;/p+4. The molecule has 0 saturated carbocycles. The maximum Gasteiger partial charge on any atom is 3.00 e. The first-order valence-electron chi connectivity index (χ1n) is 2.45. The molecule has 0 saturated heterocycles. The summed E-state index contributed by atoms with van der Waals surface area (Å²) >= 11 is 0. The van der Waals surface area contributed by atoms with Gasteiger partial charge in [-0.05, 0) is 0 Å². The monoisotopic (exact) mass is 392 g/mol. The molecule has 0 aromatic rings. The summed E-state index contributed by atoms with van der Waals surface area (Å²) in [6, 6.07) is 0. The Kier molecular flexibility index (Phi) is 41.8. The smallest absolute Gasteiger partial charge is 0.894 e. The molecule has 0 bridgehead atoms. The molecular formula is H6Al2CaO13Si3. The summed E-state index contributed by atoms with van der Waals surface area (Å²) in [6.45, 7) is 0. The zero-order valence-electron chi connectivity index (χ0n) is 12.8. The van der Waals surface area contributed by atoms with Crippen LogP contribution >= 0.6 is 0 Å². The SMILES string of the molecule is O.[Al+3].[Al+3].[Ca+2].[H+].[H+].[H+].[H+].[O-][Si]([O-])([O-])[O-].[O-][Si]([O-])([O-])[O-].[O-][Si]([O-])([O-])[O-]. The molecule has 0 unspecified atom stereocenters. The molecule has 0 atom stereocenters. The molecule has 0 aromatic carbocycles. The molecule has 2 N–H and O–H groups in total. The van der Waals surface area contributed by atoms with E-state index in [9.17, 15) is 0 Å². The fourth-order valence-electron chi connectivity index (χ4n) is 0. The van der Waals surface area contributed by atoms with Gasteiger partial charge in [0.15, 0.2) is 0 Å². The molecule has 0 fully saturated rings. The predicted octanol–water partition coefficient (Wildman–Crippen LogP) is -16.9. The molecule has 0 spiro atoms. The molecule has 0 aliphatic heterocycles. The Bertz CT molecular complexity index is 116. The van der Waals surface area contributed by atoms with Crippen molar-refractivity contribution in [2.45, 2.75) is 0 Å². The molecule has 0 rings (SSSR count). The Hall–Kier alpha value is 2.46. The van der Waals surface area contributed by atoms with Crippen LogP contribution in [-0.2, 0) is 0 Å². The van der Waals surface area contributed by atoms with Gasteiger partial charge in [0.05, 0.1) is 0 Å². The van der Waals surface area contributed by atoms with Gasteiger partial charge in [-0.15, -0.1) is 0 Å². The number of rotatable bonds is 0. The first-order chi connectivity index (χ1) is 6.00. The third-order valence-corrected chi connectivity index (χ3v) is 0. The minimum Gasteiger partial charge on any atom is -0.894 e. The van der Waals surface area contributed by atoms with Crippen molar-refractivity contribution in [2.24, 2.45) is 0 Å². The van der Waals surface area contributed by atoms with E-state index in [4.69, 9.17) is 57.5 Å². The number of hydrogen-bond donors (Lipinski definition) is 0. The van der Waals surface area contributed by atoms with Crippen LogP contribution in [0.2, 0.25) is 0 Å². The van der Waals surface area contributed by atoms with Gasteiger partial charge < -0.3 is 90.2 Å². The Morgan fingerprint density at radius 2 is 0.421 bits per heavy atom. The first kappa shape index (κ1) is 43.0. The van der Waals surface area contributed by atoms with Crippen LogP contribution in [0.5, 0.6) is 0 Å². The zero-order chi connectivity index (χ0) is 13.5. The van der Waals surface area contributed by atoms with Gasteiger partial charge in [-0.25, -0.2) is 0 Å². The second-order valence-corrected chi connectivity index (χ2v) is 4.50. The van der Waals surface area contributed by atoms with E-state index in [2.05, 4.69) is 0 Å². The summed E-state index contributed by atoms with van der Waals surface area (Å²) in [5, 5.41) is 0. The quantitative estimate of drug-likeness (QED) is 0.347. The first-order valence-corrected chi connectivity index (χ1v) is 7.35. The van der Waals surface area contributed by atoms with Gasteiger partial charge in [0.25, 0.3) is 0 Å². The van der Waals surface area contributed by atoms with Crippen molar-refractivity contribution in [1.29, 1.82) is 0 Å². The van der Waals surface area contributed by atoms with Crippen LogP contribution in [0.4, 0.5) is 0 Å². The van der Waals surface area contributed by atoms with E-state index in [1.807, 2.05) is 0 Å². The average Bonchev–Trinajstić information content (AvgIpc) is 1.41. The van der Waals surface area contributed by atoms with Gasteiger partial charge in [0.1, 0.15) is 0 Å². The van der Waals surface area contributed by atoms with Crippen LogP contribution in [0.3, 0.4) is 0 Å². The van der Waals surface area contributed by atoms with Gasteiger partial charge in [-0.2, -0.15) is 0 Å². The number of hydrogen-bond acceptors (Lipinski definition) is 12. The van der Waals surface area contributed by atoms with Crippen LogP contribution in [0, 0.1) is 0 Å². The minimum atomic E-state index is -5.61. The van der Waals surface area contributed by atoms with Gasteiger partial charge >= 0.3 is 78.2 Å². The fraction of sp³-hybridized carbons (Fsp3) is 0. The molecule has 0 radical (unpaired) electrons. The van der Waals surface area contributed by atoms with E-state index in [1.165, 1.54) is 0 Å². The third-order valence-electron chi connectivity index (χ3n) is 0. The van der Waals surface area contributed by atoms with Crippen molar-refractivity contribution in [2.75, 3.05) is 0 Å². The maximum absolute atomic E-state index is 8.58. The fourth-order valence-corrected chi connectivity index (χ4v) is 0. The molecule has 0 aliphatic rings. The van der Waals surface area contributed by atoms with Gasteiger partial charge in [0, 0.05) is 0 Å². The van der Waals surface area contributed by atoms with Crippen molar-refractivity contribution in [3.63, 3.8) is 0 Å². The summed E-state index contributed by atoms with van der Waals surface area (Å²) in [5.74, 6) is 0. The third kappa shape index (κ3) is 1160. The molecule has 0 amide bonds. The normalized spacial score (nSPS) is 9.47. The van der Waals surface area contributed by atoms with Gasteiger partial charge in [0.2, 0.25) is 0 Å². The van der Waals surface area contributed by atoms with Crippen molar-refractivity contribution in [3.05, 3.63) is 0 Å². The van der Waals surface area contributed by atoms with Crippen molar-refractivity contribution in [1.82, 2.24) is 0 Å². The van der Waals surface area contributed by atoms with E-state index in [0.29, 0.717) is 0 Å². The van der Waals surface area contributed by atoms with Crippen LogP contribution < -0.4 is 57.5 Å². The second-order valence-electron chi connectivity index (χ2n) is 1.50. The molecule has 19 heteroatoms. The molecule has 0 aromatic heterocycles.